The highest BCUT2D eigenvalue weighted by atomic mass is 16.5. The van der Waals surface area contributed by atoms with E-state index in [4.69, 9.17) is 10.5 Å². The number of nitrogens with two attached hydrogens (primary N) is 1. The van der Waals surface area contributed by atoms with Gasteiger partial charge in [0.1, 0.15) is 17.5 Å². The molecule has 0 aliphatic carbocycles. The molecule has 3 heteroatoms. The zero-order valence-corrected chi connectivity index (χ0v) is 8.40. The third-order valence-electron chi connectivity index (χ3n) is 2.70. The van der Waals surface area contributed by atoms with Gasteiger partial charge in [0.05, 0.1) is 6.04 Å². The number of rotatable bonds is 0. The summed E-state index contributed by atoms with van der Waals surface area (Å²) in [5, 5.41) is 9.90. The lowest BCUT2D eigenvalue weighted by Crippen LogP contribution is -2.51. The van der Waals surface area contributed by atoms with Crippen LogP contribution in [-0.2, 0) is 0 Å². The smallest absolute Gasteiger partial charge is 0.131 e. The van der Waals surface area contributed by atoms with Gasteiger partial charge in [0.15, 0.2) is 0 Å². The molecule has 0 bridgehead atoms. The molecule has 1 heterocycles. The Hall–Kier alpha value is -1.06. The Morgan fingerprint density at radius 2 is 2.00 bits per heavy atom. The maximum Gasteiger partial charge on any atom is 0.131 e. The first-order valence-corrected chi connectivity index (χ1v) is 4.74. The molecular weight excluding hydrogens is 178 g/mol. The molecule has 0 saturated heterocycles. The molecule has 3 N–H and O–H groups in total. The highest BCUT2D eigenvalue weighted by Crippen LogP contribution is 2.37. The third kappa shape index (κ3) is 1.29. The Morgan fingerprint density at radius 3 is 2.71 bits per heavy atom. The van der Waals surface area contributed by atoms with E-state index in [-0.39, 0.29) is 6.04 Å². The number of aliphatic hydroxyl groups excluding tert-OH is 1. The normalized spacial score (nSPS) is 29.1. The van der Waals surface area contributed by atoms with Crippen molar-refractivity contribution in [3.8, 4) is 5.75 Å². The second-order valence-electron chi connectivity index (χ2n) is 4.21. The van der Waals surface area contributed by atoms with E-state index in [2.05, 4.69) is 0 Å². The number of fused-ring (bicyclic) bond motifs is 1. The summed E-state index contributed by atoms with van der Waals surface area (Å²) in [6.07, 6.45) is -0.669. The van der Waals surface area contributed by atoms with Crippen molar-refractivity contribution in [2.75, 3.05) is 0 Å². The molecule has 1 aromatic rings. The first-order chi connectivity index (χ1) is 6.52. The predicted octanol–water partition coefficient (Wildman–Crippen LogP) is 1.22. The predicted molar refractivity (Wildman–Crippen MR) is 54.1 cm³/mol. The lowest BCUT2D eigenvalue weighted by Gasteiger charge is -2.40. The van der Waals surface area contributed by atoms with Gasteiger partial charge in [0, 0.05) is 5.56 Å². The zero-order valence-electron chi connectivity index (χ0n) is 8.40. The molecule has 0 aromatic heterocycles. The lowest BCUT2D eigenvalue weighted by atomic mass is 9.87. The minimum Gasteiger partial charge on any atom is -0.485 e. The number of hydrogen-bond acceptors (Lipinski definition) is 3. The highest BCUT2D eigenvalue weighted by molar-refractivity contribution is 5.39. The molecule has 14 heavy (non-hydrogen) atoms. The molecule has 0 radical (unpaired) electrons. The molecular formula is C11H15NO2. The second-order valence-corrected chi connectivity index (χ2v) is 4.21. The second kappa shape index (κ2) is 2.97. The summed E-state index contributed by atoms with van der Waals surface area (Å²) in [6, 6.07) is 7.20. The number of benzene rings is 1. The summed E-state index contributed by atoms with van der Waals surface area (Å²) in [6.45, 7) is 3.68. The summed E-state index contributed by atoms with van der Waals surface area (Å²) in [7, 11) is 0. The molecule has 0 saturated carbocycles. The van der Waals surface area contributed by atoms with Crippen molar-refractivity contribution < 1.29 is 9.84 Å². The van der Waals surface area contributed by atoms with Gasteiger partial charge in [-0.15, -0.1) is 0 Å². The molecule has 0 spiro atoms. The zero-order chi connectivity index (χ0) is 10.3. The van der Waals surface area contributed by atoms with Gasteiger partial charge in [-0.2, -0.15) is 0 Å². The van der Waals surface area contributed by atoms with Crippen molar-refractivity contribution in [1.29, 1.82) is 0 Å². The van der Waals surface area contributed by atoms with Gasteiger partial charge in [-0.05, 0) is 19.9 Å². The van der Waals surface area contributed by atoms with Crippen LogP contribution >= 0.6 is 0 Å². The standard InChI is InChI=1S/C11H15NO2/c1-11(2)10(13)9(12)7-5-3-4-6-8(7)14-11/h3-6,9-10,13H,12H2,1-2H3/t9?,10-/m1/s1. The molecule has 1 aromatic carbocycles. The van der Waals surface area contributed by atoms with E-state index in [1.165, 1.54) is 0 Å². The molecule has 2 atom stereocenters. The van der Waals surface area contributed by atoms with Crippen LogP contribution in [-0.4, -0.2) is 16.8 Å². The van der Waals surface area contributed by atoms with Crippen LogP contribution in [0.4, 0.5) is 0 Å². The SMILES string of the molecule is CC1(C)Oc2ccccc2C(N)[C@H]1O. The van der Waals surface area contributed by atoms with Crippen molar-refractivity contribution >= 4 is 0 Å². The summed E-state index contributed by atoms with van der Waals surface area (Å²) in [4.78, 5) is 0. The largest absolute Gasteiger partial charge is 0.485 e. The molecule has 0 amide bonds. The average Bonchev–Trinajstić information content (AvgIpc) is 2.14. The van der Waals surface area contributed by atoms with Crippen LogP contribution in [0.1, 0.15) is 25.5 Å². The van der Waals surface area contributed by atoms with E-state index in [0.29, 0.717) is 0 Å². The van der Waals surface area contributed by atoms with Gasteiger partial charge in [0.2, 0.25) is 0 Å². The monoisotopic (exact) mass is 193 g/mol. The van der Waals surface area contributed by atoms with E-state index < -0.39 is 11.7 Å². The fourth-order valence-corrected chi connectivity index (χ4v) is 1.80. The summed E-state index contributed by atoms with van der Waals surface area (Å²) >= 11 is 0. The van der Waals surface area contributed by atoms with Crippen molar-refractivity contribution in [2.45, 2.75) is 31.6 Å². The van der Waals surface area contributed by atoms with E-state index in [1.807, 2.05) is 38.1 Å². The minimum atomic E-state index is -0.669. The Morgan fingerprint density at radius 1 is 1.36 bits per heavy atom. The summed E-state index contributed by atoms with van der Waals surface area (Å²) in [5.74, 6) is 0.773. The van der Waals surface area contributed by atoms with Crippen LogP contribution in [0.25, 0.3) is 0 Å². The fourth-order valence-electron chi connectivity index (χ4n) is 1.80. The van der Waals surface area contributed by atoms with Crippen LogP contribution in [0.5, 0.6) is 5.75 Å². The quantitative estimate of drug-likeness (QED) is 0.651. The van der Waals surface area contributed by atoms with E-state index >= 15 is 0 Å². The molecule has 1 aliphatic rings. The minimum absolute atomic E-state index is 0.366. The van der Waals surface area contributed by atoms with Gasteiger partial charge in [-0.25, -0.2) is 0 Å². The van der Waals surface area contributed by atoms with Crippen molar-refractivity contribution in [3.63, 3.8) is 0 Å². The highest BCUT2D eigenvalue weighted by Gasteiger charge is 2.40. The summed E-state index contributed by atoms with van der Waals surface area (Å²) in [5.41, 5.74) is 6.19. The van der Waals surface area contributed by atoms with Crippen LogP contribution < -0.4 is 10.5 Å². The number of hydrogen-bond donors (Lipinski definition) is 2. The lowest BCUT2D eigenvalue weighted by molar-refractivity contribution is -0.0571. The van der Waals surface area contributed by atoms with Crippen LogP contribution in [0, 0.1) is 0 Å². The molecule has 3 nitrogen and oxygen atoms in total. The van der Waals surface area contributed by atoms with Crippen molar-refractivity contribution in [1.82, 2.24) is 0 Å². The average molecular weight is 193 g/mol. The molecule has 76 valence electrons. The number of ether oxygens (including phenoxy) is 1. The molecule has 1 unspecified atom stereocenters. The van der Waals surface area contributed by atoms with Crippen LogP contribution in [0.2, 0.25) is 0 Å². The third-order valence-corrected chi connectivity index (χ3v) is 2.70. The Kier molecular flexibility index (Phi) is 2.01. The fraction of sp³-hybridized carbons (Fsp3) is 0.455. The topological polar surface area (TPSA) is 55.5 Å². The van der Waals surface area contributed by atoms with Crippen molar-refractivity contribution in [3.05, 3.63) is 29.8 Å². The number of para-hydroxylation sites is 1. The van der Waals surface area contributed by atoms with Crippen LogP contribution in [0.15, 0.2) is 24.3 Å². The Labute approximate surface area is 83.5 Å². The van der Waals surface area contributed by atoms with E-state index in [1.54, 1.807) is 0 Å². The maximum absolute atomic E-state index is 9.90. The van der Waals surface area contributed by atoms with Crippen molar-refractivity contribution in [2.24, 2.45) is 5.73 Å². The van der Waals surface area contributed by atoms with E-state index in [9.17, 15) is 5.11 Å². The number of aliphatic hydroxyl groups is 1. The van der Waals surface area contributed by atoms with Gasteiger partial charge in [-0.3, -0.25) is 0 Å². The molecule has 0 fully saturated rings. The van der Waals surface area contributed by atoms with Gasteiger partial charge < -0.3 is 15.6 Å². The van der Waals surface area contributed by atoms with E-state index in [0.717, 1.165) is 11.3 Å². The van der Waals surface area contributed by atoms with Gasteiger partial charge in [-0.1, -0.05) is 18.2 Å². The van der Waals surface area contributed by atoms with Crippen LogP contribution in [0.3, 0.4) is 0 Å². The Bertz CT molecular complexity index is 349. The molecule has 1 aliphatic heterocycles. The molecule has 2 rings (SSSR count). The first kappa shape index (κ1) is 9.49. The van der Waals surface area contributed by atoms with Gasteiger partial charge in [0.25, 0.3) is 0 Å². The first-order valence-electron chi connectivity index (χ1n) is 4.74. The summed E-state index contributed by atoms with van der Waals surface area (Å²) < 4.78 is 5.67. The Balaban J connectivity index is 2.48. The maximum atomic E-state index is 9.90. The van der Waals surface area contributed by atoms with Gasteiger partial charge >= 0.3 is 0 Å².